The number of hydrogen-bond acceptors (Lipinski definition) is 3. The molecular weight excluding hydrogens is 302 g/mol. The Morgan fingerprint density at radius 2 is 2.08 bits per heavy atom. The molecule has 1 amide bonds. The second-order valence-corrected chi connectivity index (χ2v) is 6.30. The molecule has 122 valence electrons. The summed E-state index contributed by atoms with van der Waals surface area (Å²) in [5.41, 5.74) is 5.06. The quantitative estimate of drug-likeness (QED) is 0.744. The minimum Gasteiger partial charge on any atom is -0.487 e. The third-order valence-corrected chi connectivity index (χ3v) is 4.57. The lowest BCUT2D eigenvalue weighted by atomic mass is 9.96. The van der Waals surface area contributed by atoms with E-state index >= 15 is 0 Å². The molecule has 1 atom stereocenters. The maximum absolute atomic E-state index is 11.9. The number of nitrogens with zero attached hydrogens (tertiary/aromatic N) is 2. The summed E-state index contributed by atoms with van der Waals surface area (Å²) >= 11 is 0. The van der Waals surface area contributed by atoms with Crippen molar-refractivity contribution in [3.05, 3.63) is 42.1 Å². The number of para-hydroxylation sites is 1. The van der Waals surface area contributed by atoms with E-state index in [-0.39, 0.29) is 12.0 Å². The van der Waals surface area contributed by atoms with Gasteiger partial charge in [0, 0.05) is 18.0 Å². The number of amides is 1. The van der Waals surface area contributed by atoms with E-state index in [1.807, 2.05) is 43.0 Å². The van der Waals surface area contributed by atoms with E-state index in [1.165, 1.54) is 0 Å². The Balaban J connectivity index is 1.93. The smallest absolute Gasteiger partial charge is 0.228 e. The third-order valence-electron chi connectivity index (χ3n) is 4.57. The lowest BCUT2D eigenvalue weighted by Gasteiger charge is -2.17. The monoisotopic (exact) mass is 321 g/mol. The Labute approximate surface area is 140 Å². The largest absolute Gasteiger partial charge is 0.487 e. The minimum absolute atomic E-state index is 0.0159. The van der Waals surface area contributed by atoms with Gasteiger partial charge in [-0.05, 0) is 37.1 Å². The first kappa shape index (κ1) is 14.8. The molecule has 0 radical (unpaired) electrons. The fraction of sp³-hybridized carbons (Fsp3) is 0.263. The average Bonchev–Trinajstić information content (AvgIpc) is 2.84. The maximum Gasteiger partial charge on any atom is 0.228 e. The standard InChI is InChI=1S/C19H19N3O2/c1-11-9-18(23)21-16-6-4-5-14(19(16)24-11)13-7-8-17-15(12(13)2)10-20-22(17)3/h4-8,10-11H,9H2,1-3H3,(H,21,23)/t11-/m1/s1. The molecule has 1 aromatic heterocycles. The first-order valence-electron chi connectivity index (χ1n) is 8.06. The maximum atomic E-state index is 11.9. The Morgan fingerprint density at radius 1 is 1.25 bits per heavy atom. The number of nitrogens with one attached hydrogen (secondary N) is 1. The molecule has 2 heterocycles. The minimum atomic E-state index is -0.158. The van der Waals surface area contributed by atoms with Gasteiger partial charge in [0.2, 0.25) is 5.91 Å². The SMILES string of the molecule is Cc1c(-c2cccc3c2O[C@H](C)CC(=O)N3)ccc2c1cnn2C. The van der Waals surface area contributed by atoms with Crippen LogP contribution in [0.1, 0.15) is 18.9 Å². The molecule has 5 nitrogen and oxygen atoms in total. The first-order chi connectivity index (χ1) is 11.5. The fourth-order valence-electron chi connectivity index (χ4n) is 3.34. The van der Waals surface area contributed by atoms with Crippen molar-refractivity contribution in [2.24, 2.45) is 7.05 Å². The van der Waals surface area contributed by atoms with Crippen LogP contribution in [0.2, 0.25) is 0 Å². The summed E-state index contributed by atoms with van der Waals surface area (Å²) in [6.45, 7) is 4.01. The van der Waals surface area contributed by atoms with E-state index in [2.05, 4.69) is 29.5 Å². The van der Waals surface area contributed by atoms with Crippen LogP contribution in [0.4, 0.5) is 5.69 Å². The number of ether oxygens (including phenoxy) is 1. The van der Waals surface area contributed by atoms with Gasteiger partial charge in [-0.25, -0.2) is 0 Å². The molecule has 0 aliphatic carbocycles. The van der Waals surface area contributed by atoms with E-state index in [0.717, 1.165) is 39.0 Å². The van der Waals surface area contributed by atoms with Crippen LogP contribution in [0.3, 0.4) is 0 Å². The lowest BCUT2D eigenvalue weighted by Crippen LogP contribution is -2.17. The normalized spacial score (nSPS) is 17.1. The van der Waals surface area contributed by atoms with Gasteiger partial charge < -0.3 is 10.1 Å². The van der Waals surface area contributed by atoms with Crippen LogP contribution in [0.15, 0.2) is 36.5 Å². The molecule has 0 saturated carbocycles. The number of rotatable bonds is 1. The molecule has 0 saturated heterocycles. The van der Waals surface area contributed by atoms with Crippen LogP contribution in [0.5, 0.6) is 5.75 Å². The van der Waals surface area contributed by atoms with E-state index in [0.29, 0.717) is 6.42 Å². The summed E-state index contributed by atoms with van der Waals surface area (Å²) < 4.78 is 7.95. The molecule has 0 spiro atoms. The van der Waals surface area contributed by atoms with Gasteiger partial charge in [-0.15, -0.1) is 0 Å². The summed E-state index contributed by atoms with van der Waals surface area (Å²) in [6.07, 6.45) is 2.09. The van der Waals surface area contributed by atoms with Crippen molar-refractivity contribution in [3.63, 3.8) is 0 Å². The molecule has 2 aromatic carbocycles. The van der Waals surface area contributed by atoms with Gasteiger partial charge in [-0.2, -0.15) is 5.10 Å². The van der Waals surface area contributed by atoms with Gasteiger partial charge in [-0.1, -0.05) is 18.2 Å². The molecule has 1 N–H and O–H groups in total. The highest BCUT2D eigenvalue weighted by Crippen LogP contribution is 2.41. The van der Waals surface area contributed by atoms with Gasteiger partial charge in [-0.3, -0.25) is 9.48 Å². The Bertz CT molecular complexity index is 959. The number of anilines is 1. The number of carbonyl (C=O) groups is 1. The summed E-state index contributed by atoms with van der Waals surface area (Å²) in [5.74, 6) is 0.722. The van der Waals surface area contributed by atoms with Crippen molar-refractivity contribution in [2.45, 2.75) is 26.4 Å². The molecule has 24 heavy (non-hydrogen) atoms. The molecule has 1 aliphatic heterocycles. The van der Waals surface area contributed by atoms with Crippen LogP contribution >= 0.6 is 0 Å². The lowest BCUT2D eigenvalue weighted by molar-refractivity contribution is -0.117. The Hall–Kier alpha value is -2.82. The highest BCUT2D eigenvalue weighted by atomic mass is 16.5. The van der Waals surface area contributed by atoms with Crippen molar-refractivity contribution < 1.29 is 9.53 Å². The van der Waals surface area contributed by atoms with E-state index in [1.54, 1.807) is 0 Å². The third kappa shape index (κ3) is 2.24. The van der Waals surface area contributed by atoms with Crippen LogP contribution in [0, 0.1) is 6.92 Å². The molecule has 4 rings (SSSR count). The first-order valence-corrected chi connectivity index (χ1v) is 8.06. The predicted octanol–water partition coefficient (Wildman–Crippen LogP) is 3.66. The number of aryl methyl sites for hydroxylation is 2. The molecule has 0 fully saturated rings. The summed E-state index contributed by atoms with van der Waals surface area (Å²) in [7, 11) is 1.94. The Morgan fingerprint density at radius 3 is 2.92 bits per heavy atom. The van der Waals surface area contributed by atoms with Crippen molar-refractivity contribution >= 4 is 22.5 Å². The van der Waals surface area contributed by atoms with Gasteiger partial charge in [0.15, 0.2) is 5.75 Å². The second-order valence-electron chi connectivity index (χ2n) is 6.30. The predicted molar refractivity (Wildman–Crippen MR) is 94.2 cm³/mol. The number of hydrogen-bond donors (Lipinski definition) is 1. The number of aromatic nitrogens is 2. The summed E-state index contributed by atoms with van der Waals surface area (Å²) in [4.78, 5) is 11.9. The summed E-state index contributed by atoms with van der Waals surface area (Å²) in [5, 5.41) is 8.41. The number of benzene rings is 2. The van der Waals surface area contributed by atoms with Gasteiger partial charge in [0.05, 0.1) is 23.8 Å². The zero-order chi connectivity index (χ0) is 16.8. The zero-order valence-corrected chi connectivity index (χ0v) is 14.0. The van der Waals surface area contributed by atoms with E-state index in [4.69, 9.17) is 4.74 Å². The molecule has 3 aromatic rings. The van der Waals surface area contributed by atoms with E-state index < -0.39 is 0 Å². The van der Waals surface area contributed by atoms with Crippen LogP contribution in [0.25, 0.3) is 22.0 Å². The topological polar surface area (TPSA) is 56.1 Å². The number of carbonyl (C=O) groups excluding carboxylic acids is 1. The molecule has 0 unspecified atom stereocenters. The van der Waals surface area contributed by atoms with Crippen molar-refractivity contribution in [2.75, 3.05) is 5.32 Å². The van der Waals surface area contributed by atoms with Crippen LogP contribution in [-0.2, 0) is 11.8 Å². The highest BCUT2D eigenvalue weighted by Gasteiger charge is 2.23. The van der Waals surface area contributed by atoms with Crippen LogP contribution in [-0.4, -0.2) is 21.8 Å². The van der Waals surface area contributed by atoms with Gasteiger partial charge in [0.25, 0.3) is 0 Å². The second kappa shape index (κ2) is 5.37. The molecule has 1 aliphatic rings. The van der Waals surface area contributed by atoms with Gasteiger partial charge in [0.1, 0.15) is 6.10 Å². The highest BCUT2D eigenvalue weighted by molar-refractivity contribution is 5.97. The van der Waals surface area contributed by atoms with Crippen molar-refractivity contribution in [1.29, 1.82) is 0 Å². The van der Waals surface area contributed by atoms with E-state index in [9.17, 15) is 4.79 Å². The van der Waals surface area contributed by atoms with Crippen molar-refractivity contribution in [3.8, 4) is 16.9 Å². The number of fused-ring (bicyclic) bond motifs is 2. The van der Waals surface area contributed by atoms with Crippen molar-refractivity contribution in [1.82, 2.24) is 9.78 Å². The van der Waals surface area contributed by atoms with Gasteiger partial charge >= 0.3 is 0 Å². The fourth-order valence-corrected chi connectivity index (χ4v) is 3.34. The molecular formula is C19H19N3O2. The zero-order valence-electron chi connectivity index (χ0n) is 14.0. The summed E-state index contributed by atoms with van der Waals surface area (Å²) in [6, 6.07) is 10.0. The van der Waals surface area contributed by atoms with Crippen LogP contribution < -0.4 is 10.1 Å². The molecule has 0 bridgehead atoms. The average molecular weight is 321 g/mol. The Kier molecular flexibility index (Phi) is 3.30. The molecule has 5 heteroatoms.